The van der Waals surface area contributed by atoms with Crippen LogP contribution in [0.2, 0.25) is 0 Å². The van der Waals surface area contributed by atoms with E-state index in [2.05, 4.69) is 54.9 Å². The van der Waals surface area contributed by atoms with Gasteiger partial charge in [0.1, 0.15) is 0 Å². The van der Waals surface area contributed by atoms with Crippen LogP contribution in [0.1, 0.15) is 40.0 Å². The summed E-state index contributed by atoms with van der Waals surface area (Å²) in [6.07, 6.45) is 10.4. The van der Waals surface area contributed by atoms with Gasteiger partial charge in [0.2, 0.25) is 0 Å². The standard InChI is InChI=1S/C13H19Br/c1-4-10-7-11(5-2)12(6-3)9-13(14)8-10/h7-9,12H,4-6H2,1-3H3. The van der Waals surface area contributed by atoms with E-state index in [4.69, 9.17) is 0 Å². The van der Waals surface area contributed by atoms with Crippen molar-refractivity contribution in [2.75, 3.05) is 0 Å². The summed E-state index contributed by atoms with van der Waals surface area (Å²) in [6, 6.07) is 0. The van der Waals surface area contributed by atoms with Crippen molar-refractivity contribution < 1.29 is 0 Å². The van der Waals surface area contributed by atoms with Crippen molar-refractivity contribution in [3.05, 3.63) is 33.9 Å². The maximum Gasteiger partial charge on any atom is 0.0144 e. The summed E-state index contributed by atoms with van der Waals surface area (Å²) < 4.78 is 1.24. The monoisotopic (exact) mass is 254 g/mol. The molecular weight excluding hydrogens is 236 g/mol. The minimum atomic E-state index is 0.620. The topological polar surface area (TPSA) is 0 Å². The fraction of sp³-hybridized carbons (Fsp3) is 0.538. The highest BCUT2D eigenvalue weighted by molar-refractivity contribution is 9.11. The molecule has 0 aromatic rings. The third-order valence-electron chi connectivity index (χ3n) is 2.79. The summed E-state index contributed by atoms with van der Waals surface area (Å²) in [5.74, 6) is 0.620. The third kappa shape index (κ3) is 2.84. The molecule has 0 saturated heterocycles. The molecule has 0 radical (unpaired) electrons. The Morgan fingerprint density at radius 1 is 1.14 bits per heavy atom. The first-order valence-corrected chi connectivity index (χ1v) is 6.28. The lowest BCUT2D eigenvalue weighted by Crippen LogP contribution is -1.98. The van der Waals surface area contributed by atoms with E-state index in [0.29, 0.717) is 5.92 Å². The SMILES string of the molecule is CCC1=CC(Br)=CC(CC)C(CC)=C1. The predicted octanol–water partition coefficient (Wildman–Crippen LogP) is 4.98. The van der Waals surface area contributed by atoms with Crippen LogP contribution >= 0.6 is 15.9 Å². The van der Waals surface area contributed by atoms with Crippen LogP contribution in [0.15, 0.2) is 33.9 Å². The lowest BCUT2D eigenvalue weighted by atomic mass is 9.93. The Kier molecular flexibility index (Phi) is 4.67. The Morgan fingerprint density at radius 3 is 2.36 bits per heavy atom. The zero-order chi connectivity index (χ0) is 10.6. The first kappa shape index (κ1) is 11.8. The van der Waals surface area contributed by atoms with Crippen molar-refractivity contribution in [2.24, 2.45) is 5.92 Å². The molecule has 1 rings (SSSR count). The average molecular weight is 255 g/mol. The minimum absolute atomic E-state index is 0.620. The van der Waals surface area contributed by atoms with Gasteiger partial charge in [0.15, 0.2) is 0 Å². The van der Waals surface area contributed by atoms with Gasteiger partial charge >= 0.3 is 0 Å². The first-order valence-electron chi connectivity index (χ1n) is 5.49. The van der Waals surface area contributed by atoms with Crippen LogP contribution in [0, 0.1) is 5.92 Å². The number of halogens is 1. The van der Waals surface area contributed by atoms with Gasteiger partial charge in [-0.1, -0.05) is 54.4 Å². The Balaban J connectivity index is 3.02. The molecule has 0 amide bonds. The molecule has 0 N–H and O–H groups in total. The van der Waals surface area contributed by atoms with Gasteiger partial charge in [-0.05, 0) is 36.8 Å². The van der Waals surface area contributed by atoms with Crippen molar-refractivity contribution in [3.63, 3.8) is 0 Å². The second-order valence-corrected chi connectivity index (χ2v) is 4.63. The van der Waals surface area contributed by atoms with Gasteiger partial charge in [-0.3, -0.25) is 0 Å². The van der Waals surface area contributed by atoms with E-state index in [1.54, 1.807) is 5.57 Å². The molecule has 0 aromatic heterocycles. The molecule has 0 fully saturated rings. The molecule has 1 heteroatoms. The van der Waals surface area contributed by atoms with E-state index in [1.165, 1.54) is 16.5 Å². The number of rotatable bonds is 3. The maximum atomic E-state index is 3.61. The van der Waals surface area contributed by atoms with E-state index in [1.807, 2.05) is 0 Å². The fourth-order valence-corrected chi connectivity index (χ4v) is 2.47. The summed E-state index contributed by atoms with van der Waals surface area (Å²) in [4.78, 5) is 0. The van der Waals surface area contributed by atoms with Gasteiger partial charge in [-0.2, -0.15) is 0 Å². The van der Waals surface area contributed by atoms with Crippen molar-refractivity contribution >= 4 is 15.9 Å². The molecule has 0 aromatic carbocycles. The molecule has 0 aliphatic heterocycles. The summed E-state index contributed by atoms with van der Waals surface area (Å²) in [5.41, 5.74) is 3.00. The summed E-state index contributed by atoms with van der Waals surface area (Å²) in [5, 5.41) is 0. The highest BCUT2D eigenvalue weighted by Crippen LogP contribution is 2.29. The van der Waals surface area contributed by atoms with Crippen LogP contribution in [-0.4, -0.2) is 0 Å². The van der Waals surface area contributed by atoms with Crippen LogP contribution in [0.25, 0.3) is 0 Å². The van der Waals surface area contributed by atoms with E-state index in [9.17, 15) is 0 Å². The summed E-state index contributed by atoms with van der Waals surface area (Å²) >= 11 is 3.61. The van der Waals surface area contributed by atoms with E-state index in [0.717, 1.165) is 12.8 Å². The highest BCUT2D eigenvalue weighted by Gasteiger charge is 2.11. The van der Waals surface area contributed by atoms with Crippen molar-refractivity contribution in [3.8, 4) is 0 Å². The molecule has 0 bridgehead atoms. The molecule has 0 nitrogen and oxygen atoms in total. The largest absolute Gasteiger partial charge is 0.0645 e. The Bertz CT molecular complexity index is 282. The second kappa shape index (κ2) is 5.55. The number of allylic oxidation sites excluding steroid dienone is 6. The van der Waals surface area contributed by atoms with Crippen LogP contribution in [0.5, 0.6) is 0 Å². The van der Waals surface area contributed by atoms with Gasteiger partial charge in [-0.25, -0.2) is 0 Å². The molecule has 1 atom stereocenters. The zero-order valence-corrected chi connectivity index (χ0v) is 10.9. The molecular formula is C13H19Br. The van der Waals surface area contributed by atoms with Crippen molar-refractivity contribution in [1.82, 2.24) is 0 Å². The van der Waals surface area contributed by atoms with Gasteiger partial charge in [-0.15, -0.1) is 0 Å². The Morgan fingerprint density at radius 2 is 1.86 bits per heavy atom. The molecule has 1 aliphatic rings. The quantitative estimate of drug-likeness (QED) is 0.667. The van der Waals surface area contributed by atoms with Crippen molar-refractivity contribution in [1.29, 1.82) is 0 Å². The fourth-order valence-electron chi connectivity index (χ4n) is 1.86. The Labute approximate surface area is 95.9 Å². The van der Waals surface area contributed by atoms with Crippen LogP contribution < -0.4 is 0 Å². The van der Waals surface area contributed by atoms with E-state index >= 15 is 0 Å². The van der Waals surface area contributed by atoms with Crippen LogP contribution in [0.3, 0.4) is 0 Å². The van der Waals surface area contributed by atoms with Gasteiger partial charge in [0.05, 0.1) is 0 Å². The van der Waals surface area contributed by atoms with Crippen LogP contribution in [0.4, 0.5) is 0 Å². The first-order chi connectivity index (χ1) is 6.71. The number of hydrogen-bond donors (Lipinski definition) is 0. The van der Waals surface area contributed by atoms with Gasteiger partial charge < -0.3 is 0 Å². The van der Waals surface area contributed by atoms with E-state index < -0.39 is 0 Å². The number of hydrogen-bond acceptors (Lipinski definition) is 0. The molecule has 14 heavy (non-hydrogen) atoms. The van der Waals surface area contributed by atoms with Gasteiger partial charge in [0, 0.05) is 4.48 Å². The highest BCUT2D eigenvalue weighted by atomic mass is 79.9. The molecule has 1 unspecified atom stereocenters. The van der Waals surface area contributed by atoms with Crippen molar-refractivity contribution in [2.45, 2.75) is 40.0 Å². The second-order valence-electron chi connectivity index (χ2n) is 3.71. The minimum Gasteiger partial charge on any atom is -0.0645 e. The molecule has 0 spiro atoms. The molecule has 0 saturated carbocycles. The summed E-state index contributed by atoms with van der Waals surface area (Å²) in [6.45, 7) is 6.71. The lowest BCUT2D eigenvalue weighted by Gasteiger charge is -2.12. The molecule has 78 valence electrons. The normalized spacial score (nSPS) is 22.3. The smallest absolute Gasteiger partial charge is 0.0144 e. The zero-order valence-electron chi connectivity index (χ0n) is 9.31. The Hall–Kier alpha value is -0.300. The lowest BCUT2D eigenvalue weighted by molar-refractivity contribution is 0.699. The molecule has 1 aliphatic carbocycles. The van der Waals surface area contributed by atoms with Crippen LogP contribution in [-0.2, 0) is 0 Å². The van der Waals surface area contributed by atoms with Gasteiger partial charge in [0.25, 0.3) is 0 Å². The summed E-state index contributed by atoms with van der Waals surface area (Å²) in [7, 11) is 0. The maximum absolute atomic E-state index is 3.61. The third-order valence-corrected chi connectivity index (χ3v) is 3.28. The predicted molar refractivity (Wildman–Crippen MR) is 67.5 cm³/mol. The molecule has 0 heterocycles. The average Bonchev–Trinajstić information content (AvgIpc) is 2.36. The van der Waals surface area contributed by atoms with E-state index in [-0.39, 0.29) is 0 Å².